The molecule has 1 saturated heterocycles. The lowest BCUT2D eigenvalue weighted by molar-refractivity contribution is 0.143. The molecule has 0 bridgehead atoms. The third-order valence-corrected chi connectivity index (χ3v) is 5.12. The molecule has 1 aromatic heterocycles. The highest BCUT2D eigenvalue weighted by Crippen LogP contribution is 2.26. The molecule has 1 aliphatic rings. The molecule has 3 rings (SSSR count). The molecule has 0 amide bonds. The fourth-order valence-corrected chi connectivity index (χ4v) is 3.54. The highest BCUT2D eigenvalue weighted by molar-refractivity contribution is 14.0. The highest BCUT2D eigenvalue weighted by atomic mass is 127. The molecule has 1 fully saturated rings. The maximum atomic E-state index is 6.34. The van der Waals surface area contributed by atoms with E-state index in [1.54, 1.807) is 13.3 Å². The second-order valence-electron chi connectivity index (χ2n) is 6.64. The highest BCUT2D eigenvalue weighted by Gasteiger charge is 2.21. The van der Waals surface area contributed by atoms with E-state index in [0.717, 1.165) is 48.4 Å². The van der Waals surface area contributed by atoms with Crippen LogP contribution in [-0.2, 0) is 11.3 Å². The Balaban J connectivity index is 0.00000320. The van der Waals surface area contributed by atoms with Gasteiger partial charge in [0.05, 0.1) is 17.3 Å². The lowest BCUT2D eigenvalue weighted by Crippen LogP contribution is -2.52. The van der Waals surface area contributed by atoms with Crippen LogP contribution in [0.25, 0.3) is 0 Å². The van der Waals surface area contributed by atoms with Crippen LogP contribution in [0.4, 0.5) is 5.69 Å². The number of rotatable bonds is 7. The summed E-state index contributed by atoms with van der Waals surface area (Å²) in [4.78, 5) is 13.4. The SMILES string of the molecule is CN=C(NCc1cccnc1OCCOC)N1CCN(c2ccccc2Cl)CC1.I. The van der Waals surface area contributed by atoms with Crippen LogP contribution in [0.15, 0.2) is 47.6 Å². The molecule has 0 unspecified atom stereocenters. The van der Waals surface area contributed by atoms with Gasteiger partial charge in [0.2, 0.25) is 5.88 Å². The summed E-state index contributed by atoms with van der Waals surface area (Å²) in [6.45, 7) is 5.11. The van der Waals surface area contributed by atoms with Gasteiger partial charge < -0.3 is 24.6 Å². The van der Waals surface area contributed by atoms with Crippen LogP contribution in [-0.4, -0.2) is 69.4 Å². The van der Waals surface area contributed by atoms with E-state index < -0.39 is 0 Å². The molecule has 30 heavy (non-hydrogen) atoms. The molecule has 7 nitrogen and oxygen atoms in total. The summed E-state index contributed by atoms with van der Waals surface area (Å²) in [5, 5.41) is 4.22. The Labute approximate surface area is 200 Å². The van der Waals surface area contributed by atoms with Crippen molar-refractivity contribution in [3.63, 3.8) is 0 Å². The predicted octanol–water partition coefficient (Wildman–Crippen LogP) is 3.28. The van der Waals surface area contributed by atoms with Gasteiger partial charge in [0.15, 0.2) is 5.96 Å². The lowest BCUT2D eigenvalue weighted by Gasteiger charge is -2.38. The van der Waals surface area contributed by atoms with Gasteiger partial charge in [-0.15, -0.1) is 24.0 Å². The predicted molar refractivity (Wildman–Crippen MR) is 132 cm³/mol. The average Bonchev–Trinajstić information content (AvgIpc) is 2.76. The number of para-hydroxylation sites is 1. The Kier molecular flexibility index (Phi) is 10.5. The summed E-state index contributed by atoms with van der Waals surface area (Å²) in [6.07, 6.45) is 1.73. The number of nitrogens with one attached hydrogen (secondary N) is 1. The standard InChI is InChI=1S/C21H28ClN5O2.HI/c1-23-21(25-16-17-6-5-9-24-20(17)29-15-14-28-2)27-12-10-26(11-13-27)19-8-4-3-7-18(19)22;/h3-9H,10-16H2,1-2H3,(H,23,25);1H. The number of hydrogen-bond donors (Lipinski definition) is 1. The minimum absolute atomic E-state index is 0. The van der Waals surface area contributed by atoms with E-state index in [0.29, 0.717) is 25.6 Å². The van der Waals surface area contributed by atoms with Crippen LogP contribution in [0.3, 0.4) is 0 Å². The first kappa shape index (κ1) is 24.5. The van der Waals surface area contributed by atoms with Crippen molar-refractivity contribution in [2.75, 3.05) is 58.5 Å². The zero-order chi connectivity index (χ0) is 20.5. The summed E-state index contributed by atoms with van der Waals surface area (Å²) in [5.41, 5.74) is 2.07. The van der Waals surface area contributed by atoms with Crippen LogP contribution in [0, 0.1) is 0 Å². The summed E-state index contributed by atoms with van der Waals surface area (Å²) in [5.74, 6) is 1.49. The number of guanidine groups is 1. The van der Waals surface area contributed by atoms with Crippen molar-refractivity contribution in [1.29, 1.82) is 0 Å². The number of methoxy groups -OCH3 is 1. The van der Waals surface area contributed by atoms with Crippen molar-refractivity contribution in [1.82, 2.24) is 15.2 Å². The lowest BCUT2D eigenvalue weighted by atomic mass is 10.2. The summed E-state index contributed by atoms with van der Waals surface area (Å²) >= 11 is 6.34. The smallest absolute Gasteiger partial charge is 0.218 e. The summed E-state index contributed by atoms with van der Waals surface area (Å²) < 4.78 is 10.8. The number of hydrogen-bond acceptors (Lipinski definition) is 5. The van der Waals surface area contributed by atoms with Gasteiger partial charge in [-0.1, -0.05) is 29.8 Å². The van der Waals surface area contributed by atoms with Gasteiger partial charge >= 0.3 is 0 Å². The van der Waals surface area contributed by atoms with Crippen LogP contribution in [0.5, 0.6) is 5.88 Å². The Morgan fingerprint density at radius 2 is 1.90 bits per heavy atom. The first-order valence-electron chi connectivity index (χ1n) is 9.73. The minimum Gasteiger partial charge on any atom is -0.475 e. The molecule has 0 radical (unpaired) electrons. The number of halogens is 2. The molecule has 2 aromatic rings. The van der Waals surface area contributed by atoms with E-state index in [2.05, 4.69) is 31.2 Å². The molecule has 9 heteroatoms. The number of nitrogens with zero attached hydrogens (tertiary/aromatic N) is 4. The number of piperazine rings is 1. The molecular weight excluding hydrogens is 517 g/mol. The van der Waals surface area contributed by atoms with Gasteiger partial charge in [-0.2, -0.15) is 0 Å². The molecule has 2 heterocycles. The Hall–Kier alpha value is -1.78. The Morgan fingerprint density at radius 3 is 2.60 bits per heavy atom. The third kappa shape index (κ3) is 6.61. The van der Waals surface area contributed by atoms with Crippen LogP contribution >= 0.6 is 35.6 Å². The molecule has 0 spiro atoms. The number of anilines is 1. The second kappa shape index (κ2) is 12.8. The van der Waals surface area contributed by atoms with Gasteiger partial charge in [0.25, 0.3) is 0 Å². The van der Waals surface area contributed by atoms with Crippen LogP contribution in [0.2, 0.25) is 5.02 Å². The van der Waals surface area contributed by atoms with Gasteiger partial charge in [0, 0.05) is 58.6 Å². The number of ether oxygens (including phenoxy) is 2. The van der Waals surface area contributed by atoms with E-state index in [4.69, 9.17) is 21.1 Å². The molecule has 1 aromatic carbocycles. The zero-order valence-electron chi connectivity index (χ0n) is 17.4. The van der Waals surface area contributed by atoms with E-state index in [1.165, 1.54) is 0 Å². The Morgan fingerprint density at radius 1 is 1.13 bits per heavy atom. The van der Waals surface area contributed by atoms with Gasteiger partial charge in [-0.3, -0.25) is 4.99 Å². The van der Waals surface area contributed by atoms with Crippen molar-refractivity contribution in [3.05, 3.63) is 53.2 Å². The molecule has 0 atom stereocenters. The zero-order valence-corrected chi connectivity index (χ0v) is 20.5. The quantitative estimate of drug-likeness (QED) is 0.249. The van der Waals surface area contributed by atoms with Crippen molar-refractivity contribution in [2.24, 2.45) is 4.99 Å². The van der Waals surface area contributed by atoms with Crippen molar-refractivity contribution in [2.45, 2.75) is 6.54 Å². The van der Waals surface area contributed by atoms with E-state index in [1.807, 2.05) is 37.4 Å². The van der Waals surface area contributed by atoms with Gasteiger partial charge in [0.1, 0.15) is 6.61 Å². The van der Waals surface area contributed by atoms with Crippen molar-refractivity contribution in [3.8, 4) is 5.88 Å². The maximum absolute atomic E-state index is 6.34. The largest absolute Gasteiger partial charge is 0.475 e. The van der Waals surface area contributed by atoms with E-state index in [9.17, 15) is 0 Å². The summed E-state index contributed by atoms with van der Waals surface area (Å²) in [7, 11) is 3.46. The van der Waals surface area contributed by atoms with E-state index in [-0.39, 0.29) is 24.0 Å². The third-order valence-electron chi connectivity index (χ3n) is 4.80. The Bertz CT molecular complexity index is 815. The first-order valence-corrected chi connectivity index (χ1v) is 10.1. The first-order chi connectivity index (χ1) is 14.2. The second-order valence-corrected chi connectivity index (χ2v) is 7.04. The fraction of sp³-hybridized carbons (Fsp3) is 0.429. The van der Waals surface area contributed by atoms with Crippen molar-refractivity contribution < 1.29 is 9.47 Å². The molecule has 1 N–H and O–H groups in total. The molecule has 164 valence electrons. The van der Waals surface area contributed by atoms with E-state index >= 15 is 0 Å². The van der Waals surface area contributed by atoms with Crippen molar-refractivity contribution >= 4 is 47.2 Å². The fourth-order valence-electron chi connectivity index (χ4n) is 3.28. The average molecular weight is 546 g/mol. The van der Waals surface area contributed by atoms with Crippen LogP contribution < -0.4 is 15.0 Å². The number of aromatic nitrogens is 1. The minimum atomic E-state index is 0. The summed E-state index contributed by atoms with van der Waals surface area (Å²) in [6, 6.07) is 11.9. The normalized spacial score (nSPS) is 14.3. The number of pyridine rings is 1. The molecule has 1 aliphatic heterocycles. The van der Waals surface area contributed by atoms with Gasteiger partial charge in [-0.25, -0.2) is 4.98 Å². The number of aliphatic imine (C=N–C) groups is 1. The maximum Gasteiger partial charge on any atom is 0.218 e. The van der Waals surface area contributed by atoms with Crippen LogP contribution in [0.1, 0.15) is 5.56 Å². The topological polar surface area (TPSA) is 62.2 Å². The number of benzene rings is 1. The van der Waals surface area contributed by atoms with Gasteiger partial charge in [-0.05, 0) is 18.2 Å². The molecule has 0 aliphatic carbocycles. The monoisotopic (exact) mass is 545 g/mol. The molecule has 0 saturated carbocycles. The molecular formula is C21H29ClIN5O2.